The molecule has 0 bridgehead atoms. The van der Waals surface area contributed by atoms with Crippen LogP contribution in [0.2, 0.25) is 0 Å². The molecule has 0 aromatic carbocycles. The molecule has 68 valence electrons. The fourth-order valence-electron chi connectivity index (χ4n) is 0.848. The Bertz CT molecular complexity index is 147. The molecule has 0 unspecified atom stereocenters. The highest BCUT2D eigenvalue weighted by molar-refractivity contribution is 7.70. The van der Waals surface area contributed by atoms with Crippen LogP contribution in [0.1, 0.15) is 33.1 Å². The Morgan fingerprint density at radius 3 is 2.36 bits per heavy atom. The third kappa shape index (κ3) is 9.91. The molecule has 0 rings (SSSR count). The molecule has 4 heteroatoms. The molecular weight excluding hydrogens is 162 g/mol. The van der Waals surface area contributed by atoms with E-state index in [1.807, 2.05) is 0 Å². The van der Waals surface area contributed by atoms with Gasteiger partial charge >= 0.3 is 0 Å². The summed E-state index contributed by atoms with van der Waals surface area (Å²) in [6.45, 7) is 4.93. The van der Waals surface area contributed by atoms with Crippen molar-refractivity contribution in [2.24, 2.45) is 5.92 Å². The Kier molecular flexibility index (Phi) is 6.56. The van der Waals surface area contributed by atoms with E-state index in [1.165, 1.54) is 6.42 Å². The van der Waals surface area contributed by atoms with E-state index in [4.69, 9.17) is 0 Å². The van der Waals surface area contributed by atoms with Crippen LogP contribution in [-0.2, 0) is 10.9 Å². The summed E-state index contributed by atoms with van der Waals surface area (Å²) in [5.41, 5.74) is 0. The molecule has 0 saturated carbocycles. The molecule has 0 heterocycles. The Hall–Kier alpha value is -0.0900. The molecule has 0 aromatic rings. The van der Waals surface area contributed by atoms with Gasteiger partial charge in [0.15, 0.2) is 0 Å². The average molecular weight is 179 g/mol. The number of hydrogen-bond donors (Lipinski definition) is 2. The highest BCUT2D eigenvalue weighted by atomic mass is 32.2. The summed E-state index contributed by atoms with van der Waals surface area (Å²) in [5, 5.41) is 0. The quantitative estimate of drug-likeness (QED) is 0.470. The maximum absolute atomic E-state index is 10.0. The molecule has 0 amide bonds. The normalized spacial score (nSPS) is 11.3. The first-order chi connectivity index (χ1) is 5.13. The zero-order valence-corrected chi connectivity index (χ0v) is 8.06. The predicted octanol–water partition coefficient (Wildman–Crippen LogP) is 0.929. The van der Waals surface area contributed by atoms with Crippen LogP contribution >= 0.6 is 0 Å². The molecule has 0 aromatic heterocycles. The minimum atomic E-state index is -2.38. The Balaban J connectivity index is 3.03. The van der Waals surface area contributed by atoms with E-state index in [0.717, 1.165) is 18.8 Å². The Labute approximate surface area is 70.3 Å². The van der Waals surface area contributed by atoms with Crippen LogP contribution in [0.5, 0.6) is 0 Å². The molecule has 0 atom stereocenters. The molecule has 0 aliphatic carbocycles. The Morgan fingerprint density at radius 1 is 1.27 bits per heavy atom. The minimum Gasteiger partial charge on any atom is -0.218 e. The summed E-state index contributed by atoms with van der Waals surface area (Å²) in [7, 11) is -2.38. The zero-order chi connectivity index (χ0) is 8.69. The van der Waals surface area contributed by atoms with Crippen molar-refractivity contribution >= 4 is 10.9 Å². The van der Waals surface area contributed by atoms with Gasteiger partial charge in [0, 0.05) is 6.54 Å². The summed E-state index contributed by atoms with van der Waals surface area (Å²) < 4.78 is 22.4. The van der Waals surface area contributed by atoms with Gasteiger partial charge in [0.25, 0.3) is 0 Å². The molecule has 0 spiro atoms. The molecule has 0 saturated heterocycles. The maximum atomic E-state index is 10.0. The van der Waals surface area contributed by atoms with Gasteiger partial charge in [-0.1, -0.05) is 26.7 Å². The molecule has 0 aliphatic rings. The first-order valence-corrected chi connectivity index (χ1v) is 5.18. The molecule has 0 radical (unpaired) electrons. The van der Waals surface area contributed by atoms with E-state index in [-0.39, 0.29) is 0 Å². The molecule has 0 aliphatic heterocycles. The van der Waals surface area contributed by atoms with Crippen molar-refractivity contribution in [2.45, 2.75) is 33.1 Å². The summed E-state index contributed by atoms with van der Waals surface area (Å²) in [6, 6.07) is 0. The van der Waals surface area contributed by atoms with Crippen LogP contribution < -0.4 is 4.72 Å². The Morgan fingerprint density at radius 2 is 1.91 bits per heavy atom. The molecule has 1 N–H and O–H groups in total. The largest absolute Gasteiger partial charge is 0.218 e. The van der Waals surface area contributed by atoms with Gasteiger partial charge in [0.05, 0.1) is 0 Å². The monoisotopic (exact) mass is 179 g/mol. The van der Waals surface area contributed by atoms with Crippen LogP contribution in [0, 0.1) is 5.92 Å². The second-order valence-electron chi connectivity index (χ2n) is 3.05. The van der Waals surface area contributed by atoms with Gasteiger partial charge in [-0.25, -0.2) is 13.1 Å². The minimum absolute atomic E-state index is 0.589. The van der Waals surface area contributed by atoms with Crippen molar-refractivity contribution in [2.75, 3.05) is 6.54 Å². The topological polar surface area (TPSA) is 46.2 Å². The lowest BCUT2D eigenvalue weighted by atomic mass is 10.1. The average Bonchev–Trinajstić information content (AvgIpc) is 1.85. The summed E-state index contributed by atoms with van der Waals surface area (Å²) >= 11 is 0. The van der Waals surface area contributed by atoms with Crippen molar-refractivity contribution in [1.29, 1.82) is 0 Å². The van der Waals surface area contributed by atoms with E-state index < -0.39 is 10.9 Å². The third-order valence-corrected chi connectivity index (χ3v) is 1.93. The summed E-state index contributed by atoms with van der Waals surface area (Å²) in [5.74, 6) is 0.719. The standard InChI is InChI=1S/C7H17NO2S/c1-7(2)5-3-4-6-8-11(9)10/h7,11H,3-6H2,1-2H3,(H,8,9,10). The van der Waals surface area contributed by atoms with E-state index in [1.54, 1.807) is 0 Å². The van der Waals surface area contributed by atoms with Crippen LogP contribution in [0.4, 0.5) is 0 Å². The number of hydrogen-bond acceptors (Lipinski definition) is 2. The molecule has 3 nitrogen and oxygen atoms in total. The van der Waals surface area contributed by atoms with Gasteiger partial charge in [-0.05, 0) is 12.3 Å². The molecule has 0 fully saturated rings. The lowest BCUT2D eigenvalue weighted by Gasteiger charge is -2.02. The van der Waals surface area contributed by atoms with Crippen molar-refractivity contribution in [3.63, 3.8) is 0 Å². The predicted molar refractivity (Wildman–Crippen MR) is 47.0 cm³/mol. The number of rotatable bonds is 6. The highest BCUT2D eigenvalue weighted by Gasteiger charge is 1.93. The van der Waals surface area contributed by atoms with Crippen LogP contribution in [0.15, 0.2) is 0 Å². The van der Waals surface area contributed by atoms with Crippen molar-refractivity contribution < 1.29 is 8.42 Å². The second kappa shape index (κ2) is 6.61. The SMILES string of the molecule is CC(C)CCCCN[SH](=O)=O. The number of unbranched alkanes of at least 4 members (excludes halogenated alkanes) is 1. The molecule has 11 heavy (non-hydrogen) atoms. The van der Waals surface area contributed by atoms with Crippen LogP contribution in [-0.4, -0.2) is 15.0 Å². The number of thiol groups is 1. The van der Waals surface area contributed by atoms with E-state index in [9.17, 15) is 8.42 Å². The number of nitrogens with one attached hydrogen (secondary N) is 1. The van der Waals surface area contributed by atoms with Crippen molar-refractivity contribution in [1.82, 2.24) is 4.72 Å². The van der Waals surface area contributed by atoms with E-state index in [2.05, 4.69) is 18.6 Å². The highest BCUT2D eigenvalue weighted by Crippen LogP contribution is 2.04. The smallest absolute Gasteiger partial charge is 0.201 e. The fraction of sp³-hybridized carbons (Fsp3) is 1.00. The van der Waals surface area contributed by atoms with Gasteiger partial charge in [0.2, 0.25) is 10.9 Å². The lowest BCUT2D eigenvalue weighted by Crippen LogP contribution is -2.12. The van der Waals surface area contributed by atoms with Crippen LogP contribution in [0.3, 0.4) is 0 Å². The summed E-state index contributed by atoms with van der Waals surface area (Å²) in [6.07, 6.45) is 3.23. The van der Waals surface area contributed by atoms with Gasteiger partial charge in [0.1, 0.15) is 0 Å². The summed E-state index contributed by atoms with van der Waals surface area (Å²) in [4.78, 5) is 0. The molecular formula is C7H17NO2S. The van der Waals surface area contributed by atoms with E-state index >= 15 is 0 Å². The van der Waals surface area contributed by atoms with Gasteiger partial charge in [-0.15, -0.1) is 0 Å². The first kappa shape index (κ1) is 10.9. The third-order valence-electron chi connectivity index (χ3n) is 1.45. The fourth-order valence-corrected chi connectivity index (χ4v) is 1.19. The zero-order valence-electron chi connectivity index (χ0n) is 7.17. The van der Waals surface area contributed by atoms with Gasteiger partial charge in [-0.2, -0.15) is 0 Å². The van der Waals surface area contributed by atoms with E-state index in [0.29, 0.717) is 6.54 Å². The first-order valence-electron chi connectivity index (χ1n) is 4.01. The van der Waals surface area contributed by atoms with Crippen molar-refractivity contribution in [3.8, 4) is 0 Å². The lowest BCUT2D eigenvalue weighted by molar-refractivity contribution is 0.533. The van der Waals surface area contributed by atoms with Gasteiger partial charge in [-0.3, -0.25) is 0 Å². The van der Waals surface area contributed by atoms with Gasteiger partial charge < -0.3 is 0 Å². The maximum Gasteiger partial charge on any atom is 0.201 e. The second-order valence-corrected chi connectivity index (χ2v) is 3.89. The van der Waals surface area contributed by atoms with Crippen molar-refractivity contribution in [3.05, 3.63) is 0 Å². The van der Waals surface area contributed by atoms with Crippen LogP contribution in [0.25, 0.3) is 0 Å².